The van der Waals surface area contributed by atoms with E-state index in [1.165, 1.54) is 0 Å². The summed E-state index contributed by atoms with van der Waals surface area (Å²) in [5.41, 5.74) is 1.52. The maximum atomic E-state index is 13.6. The van der Waals surface area contributed by atoms with Crippen molar-refractivity contribution in [3.63, 3.8) is 0 Å². The van der Waals surface area contributed by atoms with Crippen LogP contribution in [0.15, 0.2) is 57.7 Å². The Hall–Kier alpha value is -3.12. The first-order valence-electron chi connectivity index (χ1n) is 11.9. The summed E-state index contributed by atoms with van der Waals surface area (Å²) in [5, 5.41) is 0.486. The molecule has 2 aromatic carbocycles. The molecule has 1 saturated heterocycles. The highest BCUT2D eigenvalue weighted by molar-refractivity contribution is 5.99. The molecule has 2 aliphatic heterocycles. The number of carbonyl (C=O) groups is 1. The molecule has 0 spiro atoms. The fourth-order valence-corrected chi connectivity index (χ4v) is 4.83. The third kappa shape index (κ3) is 4.15. The van der Waals surface area contributed by atoms with Crippen molar-refractivity contribution in [2.45, 2.75) is 51.2 Å². The zero-order valence-corrected chi connectivity index (χ0v) is 18.9. The lowest BCUT2D eigenvalue weighted by Crippen LogP contribution is -2.36. The molecule has 172 valence electrons. The second-order valence-corrected chi connectivity index (χ2v) is 8.79. The van der Waals surface area contributed by atoms with Gasteiger partial charge in [-0.2, -0.15) is 0 Å². The van der Waals surface area contributed by atoms with E-state index in [0.717, 1.165) is 43.4 Å². The van der Waals surface area contributed by atoms with E-state index in [1.807, 2.05) is 30.3 Å². The van der Waals surface area contributed by atoms with Crippen LogP contribution >= 0.6 is 0 Å². The van der Waals surface area contributed by atoms with Gasteiger partial charge in [0.25, 0.3) is 5.91 Å². The van der Waals surface area contributed by atoms with Crippen LogP contribution in [-0.2, 0) is 4.74 Å². The summed E-state index contributed by atoms with van der Waals surface area (Å²) in [6.45, 7) is 3.93. The fourth-order valence-electron chi connectivity index (χ4n) is 4.83. The van der Waals surface area contributed by atoms with Gasteiger partial charge in [-0.1, -0.05) is 44.0 Å². The normalized spacial score (nSPS) is 19.9. The molecule has 0 aliphatic carbocycles. The van der Waals surface area contributed by atoms with Gasteiger partial charge in [0.2, 0.25) is 5.76 Å². The molecule has 0 N–H and O–H groups in total. The average molecular weight is 448 g/mol. The van der Waals surface area contributed by atoms with Crippen LogP contribution < -0.4 is 10.2 Å². The molecule has 1 amide bonds. The maximum Gasteiger partial charge on any atom is 0.291 e. The van der Waals surface area contributed by atoms with E-state index >= 15 is 0 Å². The number of ether oxygens (including phenoxy) is 2. The van der Waals surface area contributed by atoms with Gasteiger partial charge >= 0.3 is 0 Å². The van der Waals surface area contributed by atoms with E-state index in [0.29, 0.717) is 36.3 Å². The third-order valence-corrected chi connectivity index (χ3v) is 6.49. The Morgan fingerprint density at radius 1 is 1.09 bits per heavy atom. The predicted octanol–water partition coefficient (Wildman–Crippen LogP) is 5.09. The number of benzene rings is 2. The number of carbonyl (C=O) groups excluding carboxylic acids is 1. The summed E-state index contributed by atoms with van der Waals surface area (Å²) in [5.74, 6) is 0.616. The van der Waals surface area contributed by atoms with Crippen molar-refractivity contribution in [3.05, 3.63) is 75.6 Å². The van der Waals surface area contributed by atoms with Crippen LogP contribution in [0.4, 0.5) is 0 Å². The molecule has 33 heavy (non-hydrogen) atoms. The number of hydrogen-bond donors (Lipinski definition) is 0. The lowest BCUT2D eigenvalue weighted by Gasteiger charge is -2.27. The molecule has 3 aromatic rings. The zero-order valence-electron chi connectivity index (χ0n) is 18.9. The first-order valence-corrected chi connectivity index (χ1v) is 11.9. The van der Waals surface area contributed by atoms with E-state index in [-0.39, 0.29) is 23.2 Å². The maximum absolute atomic E-state index is 13.6. The van der Waals surface area contributed by atoms with Crippen LogP contribution in [0.1, 0.15) is 66.8 Å². The van der Waals surface area contributed by atoms with Crippen molar-refractivity contribution < 1.29 is 18.7 Å². The molecule has 6 heteroatoms. The lowest BCUT2D eigenvalue weighted by molar-refractivity contribution is 0.0486. The Morgan fingerprint density at radius 2 is 1.97 bits per heavy atom. The predicted molar refractivity (Wildman–Crippen MR) is 126 cm³/mol. The average Bonchev–Trinajstić information content (AvgIpc) is 3.45. The molecule has 2 atom stereocenters. The summed E-state index contributed by atoms with van der Waals surface area (Å²) in [7, 11) is 0. The Morgan fingerprint density at radius 3 is 2.79 bits per heavy atom. The molecule has 5 rings (SSSR count). The monoisotopic (exact) mass is 447 g/mol. The van der Waals surface area contributed by atoms with Gasteiger partial charge in [-0.25, -0.2) is 0 Å². The van der Waals surface area contributed by atoms with Crippen molar-refractivity contribution >= 4 is 16.9 Å². The Kier molecular flexibility index (Phi) is 6.18. The van der Waals surface area contributed by atoms with Crippen LogP contribution in [0.25, 0.3) is 11.0 Å². The zero-order chi connectivity index (χ0) is 22.8. The van der Waals surface area contributed by atoms with E-state index in [4.69, 9.17) is 13.9 Å². The summed E-state index contributed by atoms with van der Waals surface area (Å²) in [6.07, 6.45) is 5.08. The fraction of sp³-hybridized carbons (Fsp3) is 0.407. The number of nitrogens with zero attached hydrogens (tertiary/aromatic N) is 1. The van der Waals surface area contributed by atoms with E-state index in [9.17, 15) is 9.59 Å². The van der Waals surface area contributed by atoms with Crippen molar-refractivity contribution in [3.8, 4) is 5.75 Å². The van der Waals surface area contributed by atoms with Gasteiger partial charge in [-0.05, 0) is 49.1 Å². The third-order valence-electron chi connectivity index (χ3n) is 6.49. The second kappa shape index (κ2) is 9.40. The summed E-state index contributed by atoms with van der Waals surface area (Å²) >= 11 is 0. The van der Waals surface area contributed by atoms with Crippen LogP contribution in [0, 0.1) is 0 Å². The SMILES string of the molecule is CCCCCOc1cccc([C@H]2c3c(oc4ccccc4c3=O)C(=O)N2C[C@H]2CCCO2)c1. The van der Waals surface area contributed by atoms with Gasteiger partial charge in [0.05, 0.1) is 29.7 Å². The highest BCUT2D eigenvalue weighted by atomic mass is 16.5. The molecule has 1 aromatic heterocycles. The topological polar surface area (TPSA) is 69.0 Å². The van der Waals surface area contributed by atoms with E-state index in [1.54, 1.807) is 23.1 Å². The standard InChI is InChI=1S/C27H29NO5/c1-2-3-6-14-31-19-10-7-9-18(16-19)24-23-25(29)21-12-4-5-13-22(21)33-26(23)27(30)28(24)17-20-11-8-15-32-20/h4-5,7,9-10,12-13,16,20,24H,2-3,6,8,11,14-15,17H2,1H3/t20-,24+/m1/s1. The minimum Gasteiger partial charge on any atom is -0.494 e. The molecule has 0 saturated carbocycles. The quantitative estimate of drug-likeness (QED) is 0.450. The molecular formula is C27H29NO5. The van der Waals surface area contributed by atoms with Gasteiger partial charge in [-0.3, -0.25) is 9.59 Å². The summed E-state index contributed by atoms with van der Waals surface area (Å²) in [4.78, 5) is 28.8. The van der Waals surface area contributed by atoms with Crippen LogP contribution in [0.5, 0.6) is 5.75 Å². The molecule has 3 heterocycles. The minimum atomic E-state index is -0.531. The first-order chi connectivity index (χ1) is 16.2. The van der Waals surface area contributed by atoms with Crippen molar-refractivity contribution in [1.29, 1.82) is 0 Å². The molecule has 0 unspecified atom stereocenters. The van der Waals surface area contributed by atoms with Gasteiger partial charge < -0.3 is 18.8 Å². The van der Waals surface area contributed by atoms with Crippen LogP contribution in [-0.4, -0.2) is 36.7 Å². The second-order valence-electron chi connectivity index (χ2n) is 8.79. The first kappa shape index (κ1) is 21.7. The Labute approximate surface area is 193 Å². The number of rotatable bonds is 8. The number of fused-ring (bicyclic) bond motifs is 2. The Bertz CT molecular complexity index is 1210. The van der Waals surface area contributed by atoms with E-state index in [2.05, 4.69) is 6.92 Å². The molecular weight excluding hydrogens is 418 g/mol. The minimum absolute atomic E-state index is 0.0382. The van der Waals surface area contributed by atoms with Crippen molar-refractivity contribution in [2.75, 3.05) is 19.8 Å². The van der Waals surface area contributed by atoms with Crippen LogP contribution in [0.3, 0.4) is 0 Å². The molecule has 6 nitrogen and oxygen atoms in total. The molecule has 0 radical (unpaired) electrons. The summed E-state index contributed by atoms with van der Waals surface area (Å²) < 4.78 is 17.8. The highest BCUT2D eigenvalue weighted by Gasteiger charge is 2.44. The number of hydrogen-bond acceptors (Lipinski definition) is 5. The molecule has 0 bridgehead atoms. The lowest BCUT2D eigenvalue weighted by atomic mass is 9.98. The van der Waals surface area contributed by atoms with Crippen molar-refractivity contribution in [1.82, 2.24) is 4.90 Å². The smallest absolute Gasteiger partial charge is 0.291 e. The van der Waals surface area contributed by atoms with Gasteiger partial charge in [-0.15, -0.1) is 0 Å². The summed E-state index contributed by atoms with van der Waals surface area (Å²) in [6, 6.07) is 14.3. The van der Waals surface area contributed by atoms with E-state index < -0.39 is 6.04 Å². The van der Waals surface area contributed by atoms with Crippen LogP contribution in [0.2, 0.25) is 0 Å². The Balaban J connectivity index is 1.57. The number of unbranched alkanes of at least 4 members (excludes halogenated alkanes) is 2. The van der Waals surface area contributed by atoms with Gasteiger partial charge in [0, 0.05) is 13.2 Å². The van der Waals surface area contributed by atoms with Gasteiger partial charge in [0.1, 0.15) is 11.3 Å². The number of para-hydroxylation sites is 1. The van der Waals surface area contributed by atoms with Crippen molar-refractivity contribution in [2.24, 2.45) is 0 Å². The van der Waals surface area contributed by atoms with Gasteiger partial charge in [0.15, 0.2) is 5.43 Å². The largest absolute Gasteiger partial charge is 0.494 e. The molecule has 2 aliphatic rings. The number of amides is 1. The highest BCUT2D eigenvalue weighted by Crippen LogP contribution is 2.39. The molecule has 1 fully saturated rings.